The van der Waals surface area contributed by atoms with Crippen LogP contribution in [0.3, 0.4) is 0 Å². The standard InChI is InChI=1S/C24H23FN6/c25-17-10-12-30(14-17)21-9-8-20-24(29-21)31(18-7-6-15-3-1-4-16(15)13-18)23(28-20)19-5-2-11-27-22(19)26/h2,5-9,11,13,17H,1,3-4,10,12,14H2,(H2,26,27). The zero-order chi connectivity index (χ0) is 20.9. The highest BCUT2D eigenvalue weighted by Gasteiger charge is 2.25. The third kappa shape index (κ3) is 3.03. The van der Waals surface area contributed by atoms with Crippen molar-refractivity contribution in [1.29, 1.82) is 0 Å². The number of halogens is 1. The topological polar surface area (TPSA) is 72.9 Å². The van der Waals surface area contributed by atoms with Gasteiger partial charge in [0, 0.05) is 18.4 Å². The first kappa shape index (κ1) is 18.3. The first-order valence-electron chi connectivity index (χ1n) is 10.8. The lowest BCUT2D eigenvalue weighted by atomic mass is 10.1. The van der Waals surface area contributed by atoms with Crippen molar-refractivity contribution in [1.82, 2.24) is 19.5 Å². The minimum absolute atomic E-state index is 0.383. The van der Waals surface area contributed by atoms with Gasteiger partial charge in [-0.15, -0.1) is 0 Å². The lowest BCUT2D eigenvalue weighted by molar-refractivity contribution is 0.364. The normalized spacial score (nSPS) is 18.1. The number of hydrogen-bond acceptors (Lipinski definition) is 5. The molecule has 7 heteroatoms. The van der Waals surface area contributed by atoms with Crippen molar-refractivity contribution < 1.29 is 4.39 Å². The number of anilines is 2. The maximum atomic E-state index is 13.8. The molecule has 2 aliphatic rings. The number of aromatic nitrogens is 4. The number of nitrogen functional groups attached to an aromatic ring is 1. The van der Waals surface area contributed by atoms with E-state index in [2.05, 4.69) is 27.8 Å². The Morgan fingerprint density at radius 2 is 1.94 bits per heavy atom. The summed E-state index contributed by atoms with van der Waals surface area (Å²) in [6.07, 6.45) is 4.83. The largest absolute Gasteiger partial charge is 0.383 e. The van der Waals surface area contributed by atoms with Crippen LogP contribution >= 0.6 is 0 Å². The number of pyridine rings is 2. The molecule has 1 aromatic carbocycles. The van der Waals surface area contributed by atoms with E-state index in [0.29, 0.717) is 31.2 Å². The number of nitrogens with two attached hydrogens (primary N) is 1. The first-order valence-corrected chi connectivity index (χ1v) is 10.8. The predicted molar refractivity (Wildman–Crippen MR) is 120 cm³/mol. The molecule has 0 radical (unpaired) electrons. The van der Waals surface area contributed by atoms with Crippen LogP contribution in [0.25, 0.3) is 28.2 Å². The lowest BCUT2D eigenvalue weighted by Crippen LogP contribution is -2.21. The fourth-order valence-corrected chi connectivity index (χ4v) is 4.78. The van der Waals surface area contributed by atoms with Gasteiger partial charge in [-0.25, -0.2) is 19.3 Å². The number of imidazole rings is 1. The van der Waals surface area contributed by atoms with Gasteiger partial charge in [0.1, 0.15) is 23.3 Å². The van der Waals surface area contributed by atoms with E-state index < -0.39 is 6.17 Å². The van der Waals surface area contributed by atoms with Crippen LogP contribution in [0.2, 0.25) is 0 Å². The van der Waals surface area contributed by atoms with Crippen molar-refractivity contribution in [2.75, 3.05) is 23.7 Å². The molecule has 0 bridgehead atoms. The molecule has 1 aliphatic heterocycles. The number of nitrogens with zero attached hydrogens (tertiary/aromatic N) is 5. The van der Waals surface area contributed by atoms with Gasteiger partial charge in [-0.05, 0) is 73.2 Å². The average Bonchev–Trinajstić information content (AvgIpc) is 3.50. The van der Waals surface area contributed by atoms with Crippen LogP contribution in [0.15, 0.2) is 48.7 Å². The Labute approximate surface area is 179 Å². The summed E-state index contributed by atoms with van der Waals surface area (Å²) < 4.78 is 15.9. The molecule has 2 N–H and O–H groups in total. The molecule has 0 saturated carbocycles. The van der Waals surface area contributed by atoms with Crippen LogP contribution in [0, 0.1) is 0 Å². The van der Waals surface area contributed by atoms with Gasteiger partial charge in [-0.3, -0.25) is 4.57 Å². The molecule has 156 valence electrons. The van der Waals surface area contributed by atoms with Crippen LogP contribution in [0.4, 0.5) is 16.0 Å². The maximum Gasteiger partial charge on any atom is 0.167 e. The number of fused-ring (bicyclic) bond motifs is 2. The molecule has 31 heavy (non-hydrogen) atoms. The smallest absolute Gasteiger partial charge is 0.167 e. The van der Waals surface area contributed by atoms with E-state index in [1.54, 1.807) is 6.20 Å². The van der Waals surface area contributed by atoms with Gasteiger partial charge in [0.25, 0.3) is 0 Å². The Hall–Kier alpha value is -3.48. The minimum atomic E-state index is -0.801. The fraction of sp³-hybridized carbons (Fsp3) is 0.292. The highest BCUT2D eigenvalue weighted by Crippen LogP contribution is 2.33. The van der Waals surface area contributed by atoms with Crippen LogP contribution in [-0.4, -0.2) is 38.8 Å². The zero-order valence-electron chi connectivity index (χ0n) is 17.1. The van der Waals surface area contributed by atoms with Gasteiger partial charge < -0.3 is 10.6 Å². The van der Waals surface area contributed by atoms with Crippen LogP contribution in [0.5, 0.6) is 0 Å². The van der Waals surface area contributed by atoms with Crippen molar-refractivity contribution in [3.63, 3.8) is 0 Å². The quantitative estimate of drug-likeness (QED) is 0.546. The van der Waals surface area contributed by atoms with Crippen molar-refractivity contribution in [2.45, 2.75) is 31.9 Å². The second-order valence-corrected chi connectivity index (χ2v) is 8.36. The molecule has 0 spiro atoms. The van der Waals surface area contributed by atoms with Gasteiger partial charge in [0.05, 0.1) is 12.1 Å². The maximum absolute atomic E-state index is 13.8. The number of aryl methyl sites for hydroxylation is 2. The molecule has 1 unspecified atom stereocenters. The second-order valence-electron chi connectivity index (χ2n) is 8.36. The van der Waals surface area contributed by atoms with Crippen molar-refractivity contribution in [3.8, 4) is 17.1 Å². The third-order valence-corrected chi connectivity index (χ3v) is 6.36. The lowest BCUT2D eigenvalue weighted by Gasteiger charge is -2.17. The van der Waals surface area contributed by atoms with E-state index in [-0.39, 0.29) is 0 Å². The second kappa shape index (κ2) is 7.04. The molecule has 1 atom stereocenters. The van der Waals surface area contributed by atoms with Crippen molar-refractivity contribution in [2.24, 2.45) is 0 Å². The first-order chi connectivity index (χ1) is 15.2. The molecule has 1 fully saturated rings. The molecule has 0 amide bonds. The highest BCUT2D eigenvalue weighted by molar-refractivity contribution is 5.84. The summed E-state index contributed by atoms with van der Waals surface area (Å²) >= 11 is 0. The Morgan fingerprint density at radius 1 is 1.03 bits per heavy atom. The van der Waals surface area contributed by atoms with Gasteiger partial charge in [-0.1, -0.05) is 6.07 Å². The molecule has 6 nitrogen and oxygen atoms in total. The molecular formula is C24H23FN6. The van der Waals surface area contributed by atoms with Gasteiger partial charge in [0.2, 0.25) is 0 Å². The molecule has 1 aliphatic carbocycles. The predicted octanol–water partition coefficient (Wildman–Crippen LogP) is 4.10. The van der Waals surface area contributed by atoms with Gasteiger partial charge >= 0.3 is 0 Å². The molecule has 1 saturated heterocycles. The number of benzene rings is 1. The highest BCUT2D eigenvalue weighted by atomic mass is 19.1. The molecule has 4 heterocycles. The average molecular weight is 414 g/mol. The summed E-state index contributed by atoms with van der Waals surface area (Å²) in [6, 6.07) is 14.3. The monoisotopic (exact) mass is 414 g/mol. The Kier molecular flexibility index (Phi) is 4.16. The fourth-order valence-electron chi connectivity index (χ4n) is 4.78. The molecule has 4 aromatic rings. The molecular weight excluding hydrogens is 391 g/mol. The number of alkyl halides is 1. The van der Waals surface area contributed by atoms with E-state index in [0.717, 1.165) is 41.1 Å². The van der Waals surface area contributed by atoms with E-state index in [1.807, 2.05) is 29.2 Å². The Morgan fingerprint density at radius 3 is 2.77 bits per heavy atom. The minimum Gasteiger partial charge on any atom is -0.383 e. The molecule has 6 rings (SSSR count). The van der Waals surface area contributed by atoms with E-state index >= 15 is 0 Å². The SMILES string of the molecule is Nc1ncccc1-c1nc2ccc(N3CCC(F)C3)nc2n1-c1ccc2c(c1)CCC2. The van der Waals surface area contributed by atoms with E-state index in [9.17, 15) is 4.39 Å². The van der Waals surface area contributed by atoms with E-state index in [1.165, 1.54) is 17.5 Å². The third-order valence-electron chi connectivity index (χ3n) is 6.36. The summed E-state index contributed by atoms with van der Waals surface area (Å²) in [7, 11) is 0. The van der Waals surface area contributed by atoms with Crippen LogP contribution < -0.4 is 10.6 Å². The number of rotatable bonds is 3. The van der Waals surface area contributed by atoms with Crippen LogP contribution in [0.1, 0.15) is 24.0 Å². The Bertz CT molecular complexity index is 1300. The summed E-state index contributed by atoms with van der Waals surface area (Å²) in [5, 5.41) is 0. The van der Waals surface area contributed by atoms with Crippen LogP contribution in [-0.2, 0) is 12.8 Å². The number of hydrogen-bond donors (Lipinski definition) is 1. The summed E-state index contributed by atoms with van der Waals surface area (Å²) in [5.74, 6) is 1.92. The molecule has 3 aromatic heterocycles. The zero-order valence-corrected chi connectivity index (χ0v) is 17.1. The van der Waals surface area contributed by atoms with Gasteiger partial charge in [-0.2, -0.15) is 0 Å². The van der Waals surface area contributed by atoms with E-state index in [4.69, 9.17) is 15.7 Å². The summed E-state index contributed by atoms with van der Waals surface area (Å²) in [6.45, 7) is 1.06. The Balaban J connectivity index is 1.58. The summed E-state index contributed by atoms with van der Waals surface area (Å²) in [4.78, 5) is 16.1. The summed E-state index contributed by atoms with van der Waals surface area (Å²) in [5.41, 5.74) is 12.3. The van der Waals surface area contributed by atoms with Crippen molar-refractivity contribution in [3.05, 3.63) is 59.8 Å². The van der Waals surface area contributed by atoms with Gasteiger partial charge in [0.15, 0.2) is 11.5 Å². The van der Waals surface area contributed by atoms with Crippen molar-refractivity contribution >= 4 is 22.8 Å².